The SMILES string of the molecule is CC(NC(=O)Cn1c(=O)n(C)c2ccccc21)c1ccc2c(c1)OCO2. The van der Waals surface area contributed by atoms with Crippen molar-refractivity contribution in [1.82, 2.24) is 14.5 Å². The second-order valence-electron chi connectivity index (χ2n) is 6.32. The zero-order valence-electron chi connectivity index (χ0n) is 14.6. The van der Waals surface area contributed by atoms with Gasteiger partial charge in [0.15, 0.2) is 11.5 Å². The molecule has 7 heteroatoms. The molecule has 2 aromatic carbocycles. The first-order valence-corrected chi connectivity index (χ1v) is 8.38. The second kappa shape index (κ2) is 6.25. The average molecular weight is 353 g/mol. The highest BCUT2D eigenvalue weighted by Crippen LogP contribution is 2.34. The molecule has 0 spiro atoms. The molecule has 0 saturated heterocycles. The van der Waals surface area contributed by atoms with Gasteiger partial charge in [0.2, 0.25) is 12.7 Å². The maximum absolute atomic E-state index is 12.5. The van der Waals surface area contributed by atoms with E-state index in [1.807, 2.05) is 49.4 Å². The molecule has 2 heterocycles. The van der Waals surface area contributed by atoms with Gasteiger partial charge in [-0.3, -0.25) is 13.9 Å². The number of nitrogens with one attached hydrogen (secondary N) is 1. The summed E-state index contributed by atoms with van der Waals surface area (Å²) < 4.78 is 13.7. The molecule has 1 amide bonds. The number of para-hydroxylation sites is 2. The van der Waals surface area contributed by atoms with Crippen molar-refractivity contribution < 1.29 is 14.3 Å². The smallest absolute Gasteiger partial charge is 0.329 e. The predicted molar refractivity (Wildman–Crippen MR) is 96.3 cm³/mol. The van der Waals surface area contributed by atoms with Crippen LogP contribution in [0.5, 0.6) is 11.5 Å². The van der Waals surface area contributed by atoms with E-state index in [1.165, 1.54) is 4.57 Å². The lowest BCUT2D eigenvalue weighted by Gasteiger charge is -2.15. The zero-order valence-corrected chi connectivity index (χ0v) is 14.6. The standard InChI is InChI=1S/C19H19N3O4/c1-12(13-7-8-16-17(9-13)26-11-25-16)20-18(23)10-22-15-6-4-3-5-14(15)21(2)19(22)24/h3-9,12H,10-11H2,1-2H3,(H,20,23). The molecule has 26 heavy (non-hydrogen) atoms. The molecule has 1 N–H and O–H groups in total. The van der Waals surface area contributed by atoms with Crippen LogP contribution in [0.1, 0.15) is 18.5 Å². The van der Waals surface area contributed by atoms with Crippen molar-refractivity contribution in [3.05, 3.63) is 58.5 Å². The van der Waals surface area contributed by atoms with Gasteiger partial charge in [-0.2, -0.15) is 0 Å². The van der Waals surface area contributed by atoms with Crippen molar-refractivity contribution in [3.8, 4) is 11.5 Å². The fourth-order valence-corrected chi connectivity index (χ4v) is 3.21. The van der Waals surface area contributed by atoms with Crippen LogP contribution < -0.4 is 20.5 Å². The Morgan fingerprint density at radius 1 is 1.15 bits per heavy atom. The third-order valence-electron chi connectivity index (χ3n) is 4.63. The van der Waals surface area contributed by atoms with Gasteiger partial charge in [0, 0.05) is 7.05 Å². The van der Waals surface area contributed by atoms with E-state index in [4.69, 9.17) is 9.47 Å². The van der Waals surface area contributed by atoms with Gasteiger partial charge in [-0.15, -0.1) is 0 Å². The van der Waals surface area contributed by atoms with E-state index < -0.39 is 0 Å². The molecular formula is C19H19N3O4. The van der Waals surface area contributed by atoms with Crippen molar-refractivity contribution >= 4 is 16.9 Å². The lowest BCUT2D eigenvalue weighted by Crippen LogP contribution is -2.34. The van der Waals surface area contributed by atoms with Crippen LogP contribution in [0.3, 0.4) is 0 Å². The maximum Gasteiger partial charge on any atom is 0.329 e. The van der Waals surface area contributed by atoms with Crippen LogP contribution in [0.15, 0.2) is 47.3 Å². The topological polar surface area (TPSA) is 74.5 Å². The summed E-state index contributed by atoms with van der Waals surface area (Å²) in [6.45, 7) is 2.07. The molecule has 4 rings (SSSR count). The first kappa shape index (κ1) is 16.3. The molecule has 1 aliphatic heterocycles. The van der Waals surface area contributed by atoms with Crippen LogP contribution in [0.2, 0.25) is 0 Å². The Morgan fingerprint density at radius 2 is 1.88 bits per heavy atom. The number of fused-ring (bicyclic) bond motifs is 2. The molecule has 0 aliphatic carbocycles. The normalized spacial score (nSPS) is 13.8. The van der Waals surface area contributed by atoms with Crippen molar-refractivity contribution in [2.45, 2.75) is 19.5 Å². The van der Waals surface area contributed by atoms with Crippen LogP contribution in [-0.2, 0) is 18.4 Å². The molecule has 134 valence electrons. The minimum absolute atomic E-state index is 0.0327. The molecule has 3 aromatic rings. The molecule has 1 aromatic heterocycles. The molecule has 1 aliphatic rings. The van der Waals surface area contributed by atoms with Gasteiger partial charge < -0.3 is 14.8 Å². The van der Waals surface area contributed by atoms with Gasteiger partial charge in [-0.05, 0) is 36.8 Å². The molecule has 1 unspecified atom stereocenters. The third kappa shape index (κ3) is 2.71. The summed E-state index contributed by atoms with van der Waals surface area (Å²) in [5.74, 6) is 1.15. The number of benzene rings is 2. The number of rotatable bonds is 4. The van der Waals surface area contributed by atoms with Gasteiger partial charge in [0.25, 0.3) is 0 Å². The Labute approximate surface area is 149 Å². The monoisotopic (exact) mass is 353 g/mol. The maximum atomic E-state index is 12.5. The largest absolute Gasteiger partial charge is 0.454 e. The number of aromatic nitrogens is 2. The molecule has 1 atom stereocenters. The van der Waals surface area contributed by atoms with Crippen molar-refractivity contribution in [1.29, 1.82) is 0 Å². The molecule has 0 bridgehead atoms. The number of hydrogen-bond acceptors (Lipinski definition) is 4. The number of aryl methyl sites for hydroxylation is 1. The summed E-state index contributed by atoms with van der Waals surface area (Å²) in [6, 6.07) is 12.8. The number of carbonyl (C=O) groups excluding carboxylic acids is 1. The highest BCUT2D eigenvalue weighted by Gasteiger charge is 2.18. The van der Waals surface area contributed by atoms with Crippen LogP contribution in [0.4, 0.5) is 0 Å². The minimum atomic E-state index is -0.228. The Bertz CT molecular complexity index is 1050. The van der Waals surface area contributed by atoms with Crippen molar-refractivity contribution in [2.75, 3.05) is 6.79 Å². The summed E-state index contributed by atoms with van der Waals surface area (Å²) >= 11 is 0. The van der Waals surface area contributed by atoms with Crippen LogP contribution in [0.25, 0.3) is 11.0 Å². The lowest BCUT2D eigenvalue weighted by molar-refractivity contribution is -0.122. The second-order valence-corrected chi connectivity index (χ2v) is 6.32. The Hall–Kier alpha value is -3.22. The number of hydrogen-bond donors (Lipinski definition) is 1. The Kier molecular flexibility index (Phi) is 3.91. The first-order chi connectivity index (χ1) is 12.5. The number of carbonyl (C=O) groups is 1. The summed E-state index contributed by atoms with van der Waals surface area (Å²) in [6.07, 6.45) is 0. The van der Waals surface area contributed by atoms with Gasteiger partial charge in [0.05, 0.1) is 17.1 Å². The van der Waals surface area contributed by atoms with E-state index in [2.05, 4.69) is 5.32 Å². The van der Waals surface area contributed by atoms with E-state index in [0.29, 0.717) is 11.5 Å². The quantitative estimate of drug-likeness (QED) is 0.778. The number of nitrogens with zero attached hydrogens (tertiary/aromatic N) is 2. The first-order valence-electron chi connectivity index (χ1n) is 8.38. The van der Waals surface area contributed by atoms with E-state index in [0.717, 1.165) is 16.6 Å². The molecule has 0 radical (unpaired) electrons. The van der Waals surface area contributed by atoms with Crippen LogP contribution in [-0.4, -0.2) is 21.8 Å². The molecule has 0 fully saturated rings. The number of amides is 1. The number of ether oxygens (including phenoxy) is 2. The predicted octanol–water partition coefficient (Wildman–Crippen LogP) is 1.95. The fraction of sp³-hybridized carbons (Fsp3) is 0.263. The van der Waals surface area contributed by atoms with Gasteiger partial charge in [0.1, 0.15) is 6.54 Å². The third-order valence-corrected chi connectivity index (χ3v) is 4.63. The van der Waals surface area contributed by atoms with E-state index in [1.54, 1.807) is 11.6 Å². The van der Waals surface area contributed by atoms with Gasteiger partial charge >= 0.3 is 5.69 Å². The van der Waals surface area contributed by atoms with Crippen LogP contribution in [0, 0.1) is 0 Å². The van der Waals surface area contributed by atoms with E-state index >= 15 is 0 Å². The van der Waals surface area contributed by atoms with Crippen molar-refractivity contribution in [3.63, 3.8) is 0 Å². The highest BCUT2D eigenvalue weighted by molar-refractivity contribution is 5.81. The summed E-state index contributed by atoms with van der Waals surface area (Å²) in [4.78, 5) is 24.9. The summed E-state index contributed by atoms with van der Waals surface area (Å²) in [5.41, 5.74) is 2.24. The fourth-order valence-electron chi connectivity index (χ4n) is 3.21. The van der Waals surface area contributed by atoms with Gasteiger partial charge in [-0.1, -0.05) is 18.2 Å². The molecular weight excluding hydrogens is 334 g/mol. The molecule has 7 nitrogen and oxygen atoms in total. The van der Waals surface area contributed by atoms with Gasteiger partial charge in [-0.25, -0.2) is 4.79 Å². The van der Waals surface area contributed by atoms with Crippen molar-refractivity contribution in [2.24, 2.45) is 7.05 Å². The van der Waals surface area contributed by atoms with Crippen LogP contribution >= 0.6 is 0 Å². The van der Waals surface area contributed by atoms with E-state index in [-0.39, 0.29) is 31.0 Å². The average Bonchev–Trinajstić information content (AvgIpc) is 3.20. The number of imidazole rings is 1. The molecule has 0 saturated carbocycles. The summed E-state index contributed by atoms with van der Waals surface area (Å²) in [7, 11) is 1.70. The Balaban J connectivity index is 1.53. The van der Waals surface area contributed by atoms with E-state index in [9.17, 15) is 9.59 Å². The minimum Gasteiger partial charge on any atom is -0.454 e. The highest BCUT2D eigenvalue weighted by atomic mass is 16.7. The summed E-state index contributed by atoms with van der Waals surface area (Å²) in [5, 5.41) is 2.93. The lowest BCUT2D eigenvalue weighted by atomic mass is 10.1. The zero-order chi connectivity index (χ0) is 18.3. The Morgan fingerprint density at radius 3 is 2.69 bits per heavy atom.